The summed E-state index contributed by atoms with van der Waals surface area (Å²) in [5, 5.41) is 6.93. The summed E-state index contributed by atoms with van der Waals surface area (Å²) >= 11 is 3.64. The van der Waals surface area contributed by atoms with Crippen LogP contribution in [0.3, 0.4) is 0 Å². The van der Waals surface area contributed by atoms with Crippen LogP contribution in [0.15, 0.2) is 17.8 Å². The lowest BCUT2D eigenvalue weighted by Gasteiger charge is -2.26. The molecular formula is C17H20N4S2. The molecule has 3 aromatic rings. The fraction of sp³-hybridized carbons (Fsp3) is 0.412. The molecule has 0 spiro atoms. The van der Waals surface area contributed by atoms with Gasteiger partial charge in [0.25, 0.3) is 0 Å². The van der Waals surface area contributed by atoms with E-state index in [4.69, 9.17) is 0 Å². The van der Waals surface area contributed by atoms with Gasteiger partial charge in [-0.2, -0.15) is 0 Å². The number of anilines is 1. The van der Waals surface area contributed by atoms with E-state index < -0.39 is 0 Å². The molecule has 4 heterocycles. The highest BCUT2D eigenvalue weighted by molar-refractivity contribution is 7.18. The standard InChI is InChI=1S/C17H20N4S2/c1-11-12(2)23-17-15(11)16(19-10-20-17)18-5-7-21-6-3-14-13(9-21)4-8-22-14/h4,8,10H,3,5-7,9H2,1-2H3,(H,18,19,20). The fourth-order valence-electron chi connectivity index (χ4n) is 3.15. The van der Waals surface area contributed by atoms with E-state index in [2.05, 4.69) is 45.5 Å². The molecule has 0 radical (unpaired) electrons. The molecule has 120 valence electrons. The van der Waals surface area contributed by atoms with Crippen molar-refractivity contribution in [1.82, 2.24) is 14.9 Å². The van der Waals surface area contributed by atoms with E-state index in [0.29, 0.717) is 0 Å². The van der Waals surface area contributed by atoms with E-state index in [0.717, 1.165) is 36.8 Å². The van der Waals surface area contributed by atoms with Crippen LogP contribution in [0.2, 0.25) is 0 Å². The molecular weight excluding hydrogens is 324 g/mol. The molecule has 4 rings (SSSR count). The average Bonchev–Trinajstić information content (AvgIpc) is 3.12. The minimum Gasteiger partial charge on any atom is -0.368 e. The van der Waals surface area contributed by atoms with E-state index in [9.17, 15) is 0 Å². The maximum absolute atomic E-state index is 4.46. The van der Waals surface area contributed by atoms with Crippen molar-refractivity contribution in [3.8, 4) is 0 Å². The number of thiophene rings is 2. The molecule has 1 aliphatic heterocycles. The Morgan fingerprint density at radius 2 is 2.22 bits per heavy atom. The van der Waals surface area contributed by atoms with Gasteiger partial charge in [-0.25, -0.2) is 9.97 Å². The van der Waals surface area contributed by atoms with Crippen molar-refractivity contribution in [3.05, 3.63) is 38.7 Å². The second-order valence-electron chi connectivity index (χ2n) is 6.01. The normalized spacial score (nSPS) is 15.0. The Morgan fingerprint density at radius 1 is 1.30 bits per heavy atom. The molecule has 0 saturated heterocycles. The van der Waals surface area contributed by atoms with Gasteiger partial charge in [-0.05, 0) is 42.8 Å². The monoisotopic (exact) mass is 344 g/mol. The minimum absolute atomic E-state index is 0.917. The first-order valence-corrected chi connectivity index (χ1v) is 9.64. The number of aromatic nitrogens is 2. The van der Waals surface area contributed by atoms with Gasteiger partial charge in [0.15, 0.2) is 0 Å². The van der Waals surface area contributed by atoms with Crippen molar-refractivity contribution in [2.75, 3.05) is 25.0 Å². The van der Waals surface area contributed by atoms with E-state index >= 15 is 0 Å². The summed E-state index contributed by atoms with van der Waals surface area (Å²) in [4.78, 5) is 15.3. The zero-order valence-electron chi connectivity index (χ0n) is 13.4. The van der Waals surface area contributed by atoms with Gasteiger partial charge in [0, 0.05) is 35.9 Å². The number of rotatable bonds is 4. The highest BCUT2D eigenvalue weighted by Gasteiger charge is 2.17. The van der Waals surface area contributed by atoms with Crippen LogP contribution >= 0.6 is 22.7 Å². The smallest absolute Gasteiger partial charge is 0.138 e. The summed E-state index contributed by atoms with van der Waals surface area (Å²) < 4.78 is 0. The Balaban J connectivity index is 1.42. The molecule has 0 unspecified atom stereocenters. The molecule has 0 amide bonds. The fourth-order valence-corrected chi connectivity index (χ4v) is 5.03. The number of nitrogens with one attached hydrogen (secondary N) is 1. The van der Waals surface area contributed by atoms with Gasteiger partial charge in [0.05, 0.1) is 5.39 Å². The Hall–Kier alpha value is -1.50. The quantitative estimate of drug-likeness (QED) is 0.781. The average molecular weight is 345 g/mol. The lowest BCUT2D eigenvalue weighted by Crippen LogP contribution is -2.33. The van der Waals surface area contributed by atoms with Crippen LogP contribution in [0, 0.1) is 13.8 Å². The predicted molar refractivity (Wildman–Crippen MR) is 98.7 cm³/mol. The van der Waals surface area contributed by atoms with Gasteiger partial charge in [0.1, 0.15) is 17.0 Å². The third kappa shape index (κ3) is 2.86. The van der Waals surface area contributed by atoms with Crippen LogP contribution < -0.4 is 5.32 Å². The summed E-state index contributed by atoms with van der Waals surface area (Å²) in [6, 6.07) is 2.27. The van der Waals surface area contributed by atoms with Gasteiger partial charge in [-0.1, -0.05) is 0 Å². The van der Waals surface area contributed by atoms with Gasteiger partial charge < -0.3 is 5.32 Å². The van der Waals surface area contributed by atoms with E-state index in [1.54, 1.807) is 22.5 Å². The molecule has 0 bridgehead atoms. The molecule has 0 atom stereocenters. The number of nitrogens with zero attached hydrogens (tertiary/aromatic N) is 3. The number of aryl methyl sites for hydroxylation is 2. The Bertz CT molecular complexity index is 836. The molecule has 0 aromatic carbocycles. The second-order valence-corrected chi connectivity index (χ2v) is 8.21. The highest BCUT2D eigenvalue weighted by atomic mass is 32.1. The van der Waals surface area contributed by atoms with Crippen molar-refractivity contribution in [3.63, 3.8) is 0 Å². The minimum atomic E-state index is 0.917. The van der Waals surface area contributed by atoms with Crippen LogP contribution in [-0.2, 0) is 13.0 Å². The topological polar surface area (TPSA) is 41.1 Å². The van der Waals surface area contributed by atoms with Crippen LogP contribution in [-0.4, -0.2) is 34.5 Å². The first kappa shape index (κ1) is 15.1. The van der Waals surface area contributed by atoms with Crippen LogP contribution in [0.25, 0.3) is 10.2 Å². The number of hydrogen-bond donors (Lipinski definition) is 1. The van der Waals surface area contributed by atoms with Crippen molar-refractivity contribution < 1.29 is 0 Å². The Morgan fingerprint density at radius 3 is 3.13 bits per heavy atom. The maximum atomic E-state index is 4.46. The van der Waals surface area contributed by atoms with Crippen molar-refractivity contribution in [1.29, 1.82) is 0 Å². The number of hydrogen-bond acceptors (Lipinski definition) is 6. The molecule has 1 N–H and O–H groups in total. The molecule has 4 nitrogen and oxygen atoms in total. The molecule has 6 heteroatoms. The van der Waals surface area contributed by atoms with Crippen molar-refractivity contribution >= 4 is 38.7 Å². The summed E-state index contributed by atoms with van der Waals surface area (Å²) in [7, 11) is 0. The second kappa shape index (κ2) is 6.19. The summed E-state index contributed by atoms with van der Waals surface area (Å²) in [5.74, 6) is 0.977. The zero-order valence-corrected chi connectivity index (χ0v) is 15.1. The Labute approximate surface area is 144 Å². The lowest BCUT2D eigenvalue weighted by atomic mass is 10.1. The third-order valence-electron chi connectivity index (χ3n) is 4.57. The van der Waals surface area contributed by atoms with Crippen molar-refractivity contribution in [2.45, 2.75) is 26.8 Å². The molecule has 0 saturated carbocycles. The molecule has 1 aliphatic rings. The van der Waals surface area contributed by atoms with E-state index in [-0.39, 0.29) is 0 Å². The Kier molecular flexibility index (Phi) is 4.05. The SMILES string of the molecule is Cc1sc2ncnc(NCCN3CCc4sccc4C3)c2c1C. The molecule has 3 aromatic heterocycles. The van der Waals surface area contributed by atoms with E-state index in [1.807, 2.05) is 11.3 Å². The van der Waals surface area contributed by atoms with Crippen LogP contribution in [0.5, 0.6) is 0 Å². The largest absolute Gasteiger partial charge is 0.368 e. The summed E-state index contributed by atoms with van der Waals surface area (Å²) in [5.41, 5.74) is 2.81. The van der Waals surface area contributed by atoms with Gasteiger partial charge in [-0.3, -0.25) is 4.90 Å². The zero-order chi connectivity index (χ0) is 15.8. The van der Waals surface area contributed by atoms with Crippen LogP contribution in [0.4, 0.5) is 5.82 Å². The van der Waals surface area contributed by atoms with Crippen LogP contribution in [0.1, 0.15) is 20.9 Å². The number of fused-ring (bicyclic) bond motifs is 2. The maximum Gasteiger partial charge on any atom is 0.138 e. The summed E-state index contributed by atoms with van der Waals surface area (Å²) in [6.07, 6.45) is 2.85. The predicted octanol–water partition coefficient (Wildman–Crippen LogP) is 3.84. The highest BCUT2D eigenvalue weighted by Crippen LogP contribution is 2.32. The van der Waals surface area contributed by atoms with Gasteiger partial charge in [0.2, 0.25) is 0 Å². The molecule has 23 heavy (non-hydrogen) atoms. The van der Waals surface area contributed by atoms with E-state index in [1.165, 1.54) is 27.8 Å². The first-order chi connectivity index (χ1) is 11.2. The van der Waals surface area contributed by atoms with Gasteiger partial charge >= 0.3 is 0 Å². The summed E-state index contributed by atoms with van der Waals surface area (Å²) in [6.45, 7) is 8.51. The van der Waals surface area contributed by atoms with Crippen molar-refractivity contribution in [2.24, 2.45) is 0 Å². The molecule has 0 aliphatic carbocycles. The van der Waals surface area contributed by atoms with Gasteiger partial charge in [-0.15, -0.1) is 22.7 Å². The third-order valence-corrected chi connectivity index (χ3v) is 6.71. The molecule has 0 fully saturated rings. The lowest BCUT2D eigenvalue weighted by molar-refractivity contribution is 0.266. The first-order valence-electron chi connectivity index (χ1n) is 7.94.